The first-order valence-electron chi connectivity index (χ1n) is 10.1. The smallest absolute Gasteiger partial charge is 0.289 e. The number of piperidine rings is 1. The molecular weight excluding hydrogens is 468 g/mol. The van der Waals surface area contributed by atoms with E-state index in [1.165, 1.54) is 22.7 Å². The third kappa shape index (κ3) is 5.35. The lowest BCUT2D eigenvalue weighted by atomic mass is 9.97. The van der Waals surface area contributed by atoms with Crippen LogP contribution in [0.2, 0.25) is 5.02 Å². The number of amides is 3. The minimum atomic E-state index is -0.455. The quantitative estimate of drug-likeness (QED) is 0.533. The van der Waals surface area contributed by atoms with Crippen LogP contribution < -0.4 is 10.9 Å². The summed E-state index contributed by atoms with van der Waals surface area (Å²) in [6.45, 7) is 1.29. The average Bonchev–Trinajstić information content (AvgIpc) is 3.51. The number of thiazole rings is 1. The Labute approximate surface area is 198 Å². The predicted molar refractivity (Wildman–Crippen MR) is 125 cm³/mol. The van der Waals surface area contributed by atoms with Crippen molar-refractivity contribution in [1.82, 2.24) is 20.7 Å². The fraction of sp³-hybridized carbons (Fsp3) is 0.273. The van der Waals surface area contributed by atoms with E-state index < -0.39 is 5.91 Å². The van der Waals surface area contributed by atoms with Crippen molar-refractivity contribution in [1.29, 1.82) is 0 Å². The van der Waals surface area contributed by atoms with Gasteiger partial charge < -0.3 is 4.90 Å². The van der Waals surface area contributed by atoms with Crippen LogP contribution in [0.15, 0.2) is 46.5 Å². The zero-order valence-electron chi connectivity index (χ0n) is 17.0. The van der Waals surface area contributed by atoms with Crippen molar-refractivity contribution in [3.63, 3.8) is 0 Å². The second kappa shape index (κ2) is 10.2. The Balaban J connectivity index is 1.27. The molecule has 3 heterocycles. The molecular formula is C22H21ClN4O3S2. The van der Waals surface area contributed by atoms with Crippen molar-refractivity contribution in [3.8, 4) is 0 Å². The van der Waals surface area contributed by atoms with Gasteiger partial charge in [0.2, 0.25) is 5.91 Å². The summed E-state index contributed by atoms with van der Waals surface area (Å²) in [5.74, 6) is -0.559. The Hall–Kier alpha value is -2.75. The summed E-state index contributed by atoms with van der Waals surface area (Å²) in [6.07, 6.45) is 1.87. The van der Waals surface area contributed by atoms with Crippen molar-refractivity contribution < 1.29 is 14.4 Å². The van der Waals surface area contributed by atoms with Gasteiger partial charge in [0.05, 0.1) is 17.0 Å². The standard InChI is InChI=1S/C22H21ClN4O3S2/c23-17-4-2-1-3-15(17)11-19(28)27-8-5-14(6-9-27)22-24-18(13-32-22)21(30)26-25-20(29)16-7-10-31-12-16/h1-4,7,10,12-14H,5-6,8-9,11H2,(H,25,29)(H,26,30). The number of likely N-dealkylation sites (tertiary alicyclic amines) is 1. The van der Waals surface area contributed by atoms with Crippen LogP contribution in [-0.4, -0.2) is 40.7 Å². The minimum absolute atomic E-state index is 0.0668. The summed E-state index contributed by atoms with van der Waals surface area (Å²) >= 11 is 9.00. The first-order chi connectivity index (χ1) is 15.5. The van der Waals surface area contributed by atoms with Crippen LogP contribution in [0.4, 0.5) is 0 Å². The summed E-state index contributed by atoms with van der Waals surface area (Å²) in [7, 11) is 0. The van der Waals surface area contributed by atoms with Crippen LogP contribution in [0.5, 0.6) is 0 Å². The highest BCUT2D eigenvalue weighted by Crippen LogP contribution is 2.30. The maximum absolute atomic E-state index is 12.6. The van der Waals surface area contributed by atoms with E-state index in [9.17, 15) is 14.4 Å². The molecule has 1 aliphatic heterocycles. The van der Waals surface area contributed by atoms with Gasteiger partial charge in [-0.1, -0.05) is 29.8 Å². The van der Waals surface area contributed by atoms with E-state index in [-0.39, 0.29) is 23.4 Å². The molecule has 2 N–H and O–H groups in total. The van der Waals surface area contributed by atoms with Crippen LogP contribution >= 0.6 is 34.3 Å². The Morgan fingerprint density at radius 2 is 1.81 bits per heavy atom. The molecule has 0 atom stereocenters. The fourth-order valence-corrected chi connectivity index (χ4v) is 5.32. The molecule has 32 heavy (non-hydrogen) atoms. The largest absolute Gasteiger partial charge is 0.342 e. The molecule has 0 unspecified atom stereocenters. The number of nitrogens with one attached hydrogen (secondary N) is 2. The predicted octanol–water partition coefficient (Wildman–Crippen LogP) is 3.88. The van der Waals surface area contributed by atoms with Gasteiger partial charge in [0.25, 0.3) is 11.8 Å². The third-order valence-corrected chi connectivity index (χ3v) is 7.38. The van der Waals surface area contributed by atoms with Crippen molar-refractivity contribution in [2.75, 3.05) is 13.1 Å². The Kier molecular flexibility index (Phi) is 7.19. The third-order valence-electron chi connectivity index (χ3n) is 5.32. The summed E-state index contributed by atoms with van der Waals surface area (Å²) in [6, 6.07) is 9.07. The molecule has 7 nitrogen and oxygen atoms in total. The molecule has 1 aliphatic rings. The van der Waals surface area contributed by atoms with Crippen LogP contribution in [0.1, 0.15) is 50.2 Å². The Morgan fingerprint density at radius 3 is 2.53 bits per heavy atom. The molecule has 3 amide bonds. The molecule has 10 heteroatoms. The number of hydrazine groups is 1. The van der Waals surface area contributed by atoms with Crippen LogP contribution in [0.25, 0.3) is 0 Å². The minimum Gasteiger partial charge on any atom is -0.342 e. The van der Waals surface area contributed by atoms with Gasteiger partial charge in [-0.25, -0.2) is 4.98 Å². The van der Waals surface area contributed by atoms with Crippen LogP contribution in [-0.2, 0) is 11.2 Å². The highest BCUT2D eigenvalue weighted by Gasteiger charge is 2.26. The first-order valence-corrected chi connectivity index (χ1v) is 12.3. The molecule has 1 saturated heterocycles. The van der Waals surface area contributed by atoms with Gasteiger partial charge in [-0.05, 0) is 35.9 Å². The molecule has 0 bridgehead atoms. The van der Waals surface area contributed by atoms with Crippen LogP contribution in [0.3, 0.4) is 0 Å². The van der Waals surface area contributed by atoms with Crippen molar-refractivity contribution in [3.05, 3.63) is 73.3 Å². The lowest BCUT2D eigenvalue weighted by Crippen LogP contribution is -2.41. The van der Waals surface area contributed by atoms with Gasteiger partial charge in [-0.2, -0.15) is 11.3 Å². The highest BCUT2D eigenvalue weighted by atomic mass is 35.5. The second-order valence-electron chi connectivity index (χ2n) is 7.41. The lowest BCUT2D eigenvalue weighted by Gasteiger charge is -2.31. The summed E-state index contributed by atoms with van der Waals surface area (Å²) in [5, 5.41) is 6.66. The van der Waals surface area contributed by atoms with E-state index in [0.29, 0.717) is 30.1 Å². The molecule has 0 saturated carbocycles. The number of halogens is 1. The molecule has 0 spiro atoms. The summed E-state index contributed by atoms with van der Waals surface area (Å²) in [5.41, 5.74) is 6.39. The molecule has 4 rings (SSSR count). The SMILES string of the molecule is O=C(NNC(=O)c1csc(C2CCN(C(=O)Cc3ccccc3Cl)CC2)n1)c1ccsc1. The average molecular weight is 489 g/mol. The summed E-state index contributed by atoms with van der Waals surface area (Å²) < 4.78 is 0. The van der Waals surface area contributed by atoms with E-state index in [4.69, 9.17) is 11.6 Å². The van der Waals surface area contributed by atoms with Gasteiger partial charge in [0.1, 0.15) is 5.69 Å². The zero-order chi connectivity index (χ0) is 22.5. The molecule has 0 aliphatic carbocycles. The van der Waals surface area contributed by atoms with Gasteiger partial charge in [-0.3, -0.25) is 25.2 Å². The molecule has 0 radical (unpaired) electrons. The maximum atomic E-state index is 12.6. The Bertz CT molecular complexity index is 1110. The van der Waals surface area contributed by atoms with E-state index in [1.54, 1.807) is 28.3 Å². The summed E-state index contributed by atoms with van der Waals surface area (Å²) in [4.78, 5) is 43.2. The number of hydrogen-bond donors (Lipinski definition) is 2. The number of carbonyl (C=O) groups is 3. The van der Waals surface area contributed by atoms with Crippen LogP contribution in [0, 0.1) is 0 Å². The number of hydrogen-bond acceptors (Lipinski definition) is 6. The molecule has 166 valence electrons. The van der Waals surface area contributed by atoms with Gasteiger partial charge in [0, 0.05) is 34.8 Å². The Morgan fingerprint density at radius 1 is 1.06 bits per heavy atom. The molecule has 2 aromatic heterocycles. The topological polar surface area (TPSA) is 91.4 Å². The lowest BCUT2D eigenvalue weighted by molar-refractivity contribution is -0.131. The number of thiophene rings is 1. The zero-order valence-corrected chi connectivity index (χ0v) is 19.4. The van der Waals surface area contributed by atoms with Crippen molar-refractivity contribution in [2.45, 2.75) is 25.2 Å². The highest BCUT2D eigenvalue weighted by molar-refractivity contribution is 7.10. The number of aromatic nitrogens is 1. The molecule has 1 fully saturated rings. The van der Waals surface area contributed by atoms with E-state index in [2.05, 4.69) is 15.8 Å². The van der Waals surface area contributed by atoms with E-state index in [1.807, 2.05) is 23.1 Å². The maximum Gasteiger partial charge on any atom is 0.289 e. The first kappa shape index (κ1) is 22.4. The van der Waals surface area contributed by atoms with Gasteiger partial charge >= 0.3 is 0 Å². The number of benzene rings is 1. The normalized spacial score (nSPS) is 14.2. The number of nitrogens with zero attached hydrogens (tertiary/aromatic N) is 2. The molecule has 1 aromatic carbocycles. The van der Waals surface area contributed by atoms with Crippen molar-refractivity contribution >= 4 is 52.0 Å². The van der Waals surface area contributed by atoms with Gasteiger partial charge in [0.15, 0.2) is 0 Å². The number of carbonyl (C=O) groups excluding carboxylic acids is 3. The van der Waals surface area contributed by atoms with E-state index in [0.717, 1.165) is 23.4 Å². The monoisotopic (exact) mass is 488 g/mol. The second-order valence-corrected chi connectivity index (χ2v) is 9.49. The van der Waals surface area contributed by atoms with Crippen molar-refractivity contribution in [2.24, 2.45) is 0 Å². The fourth-order valence-electron chi connectivity index (χ4n) is 3.52. The van der Waals surface area contributed by atoms with E-state index >= 15 is 0 Å². The number of rotatable bonds is 5. The molecule has 3 aromatic rings. The van der Waals surface area contributed by atoms with Gasteiger partial charge in [-0.15, -0.1) is 11.3 Å².